The van der Waals surface area contributed by atoms with Crippen molar-refractivity contribution >= 4 is 23.2 Å². The molecule has 2 aromatic carbocycles. The highest BCUT2D eigenvalue weighted by Crippen LogP contribution is 2.28. The first kappa shape index (κ1) is 22.9. The number of hydrogen-bond acceptors (Lipinski definition) is 3. The van der Waals surface area contributed by atoms with Crippen molar-refractivity contribution in [3.8, 4) is 0 Å². The lowest BCUT2D eigenvalue weighted by Crippen LogP contribution is -2.28. The average molecular weight is 422 g/mol. The van der Waals surface area contributed by atoms with Crippen molar-refractivity contribution in [1.82, 2.24) is 5.32 Å². The summed E-state index contributed by atoms with van der Waals surface area (Å²) in [5.74, 6) is -0.0611. The minimum Gasteiger partial charge on any atom is -0.371 e. The van der Waals surface area contributed by atoms with Crippen LogP contribution >= 0.6 is 0 Å². The number of hydrogen-bond donors (Lipinski definition) is 2. The van der Waals surface area contributed by atoms with Crippen LogP contribution in [0.15, 0.2) is 48.5 Å². The van der Waals surface area contributed by atoms with E-state index in [0.29, 0.717) is 17.8 Å². The smallest absolute Gasteiger partial charge is 0.253 e. The summed E-state index contributed by atoms with van der Waals surface area (Å²) in [7, 11) is 0. The van der Waals surface area contributed by atoms with Gasteiger partial charge in [0.1, 0.15) is 0 Å². The molecule has 0 radical (unpaired) electrons. The molecule has 1 heterocycles. The predicted octanol–water partition coefficient (Wildman–Crippen LogP) is 5.37. The molecule has 0 saturated carbocycles. The number of nitrogens with one attached hydrogen (secondary N) is 2. The molecule has 31 heavy (non-hydrogen) atoms. The van der Waals surface area contributed by atoms with E-state index in [9.17, 15) is 9.59 Å². The van der Waals surface area contributed by atoms with Crippen LogP contribution in [0.25, 0.3) is 0 Å². The Morgan fingerprint density at radius 2 is 1.77 bits per heavy atom. The van der Waals surface area contributed by atoms with Crippen LogP contribution in [0.1, 0.15) is 68.3 Å². The molecule has 5 nitrogen and oxygen atoms in total. The molecule has 5 heteroatoms. The average Bonchev–Trinajstić information content (AvgIpc) is 3.33. The Morgan fingerprint density at radius 1 is 1.03 bits per heavy atom. The van der Waals surface area contributed by atoms with E-state index < -0.39 is 0 Å². The number of unbranched alkanes of at least 4 members (excludes halogenated alkanes) is 1. The van der Waals surface area contributed by atoms with Gasteiger partial charge in [-0.2, -0.15) is 0 Å². The van der Waals surface area contributed by atoms with Crippen LogP contribution in [0.3, 0.4) is 0 Å². The fourth-order valence-electron chi connectivity index (χ4n) is 4.12. The van der Waals surface area contributed by atoms with Gasteiger partial charge in [-0.15, -0.1) is 0 Å². The molecular weight excluding hydrogens is 386 g/mol. The van der Waals surface area contributed by atoms with Crippen LogP contribution in [-0.2, 0) is 11.3 Å². The summed E-state index contributed by atoms with van der Waals surface area (Å²) in [6, 6.07) is 15.6. The zero-order chi connectivity index (χ0) is 22.1. The van der Waals surface area contributed by atoms with Gasteiger partial charge in [0, 0.05) is 36.9 Å². The Morgan fingerprint density at radius 3 is 2.45 bits per heavy atom. The van der Waals surface area contributed by atoms with Crippen molar-refractivity contribution in [2.75, 3.05) is 23.3 Å². The van der Waals surface area contributed by atoms with Crippen molar-refractivity contribution < 1.29 is 9.59 Å². The first-order valence-electron chi connectivity index (χ1n) is 11.6. The fourth-order valence-corrected chi connectivity index (χ4v) is 4.12. The quantitative estimate of drug-likeness (QED) is 0.542. The van der Waals surface area contributed by atoms with Gasteiger partial charge >= 0.3 is 0 Å². The van der Waals surface area contributed by atoms with E-state index in [4.69, 9.17) is 0 Å². The van der Waals surface area contributed by atoms with Gasteiger partial charge in [-0.3, -0.25) is 9.59 Å². The molecule has 0 unspecified atom stereocenters. The van der Waals surface area contributed by atoms with E-state index in [0.717, 1.165) is 62.9 Å². The van der Waals surface area contributed by atoms with Gasteiger partial charge < -0.3 is 15.5 Å². The second-order valence-electron chi connectivity index (χ2n) is 8.33. The standard InChI is InChI=1S/C26H35N3O2/c1-3-5-13-21(4-2)25(30)28-22-14-15-24(29-16-9-10-17-29)23(18-22)26(31)27-19-20-11-7-6-8-12-20/h6-8,11-12,14-15,18,21H,3-5,9-10,13,16-17,19H2,1-2H3,(H,27,31)(H,28,30)/t21-/m1/s1. The normalized spacial score (nSPS) is 14.3. The first-order chi connectivity index (χ1) is 15.1. The van der Waals surface area contributed by atoms with Gasteiger partial charge in [-0.1, -0.05) is 57.0 Å². The van der Waals surface area contributed by atoms with E-state index in [-0.39, 0.29) is 17.7 Å². The third-order valence-electron chi connectivity index (χ3n) is 6.02. The molecule has 2 amide bonds. The summed E-state index contributed by atoms with van der Waals surface area (Å²) in [5, 5.41) is 6.09. The molecule has 1 saturated heterocycles. The lowest BCUT2D eigenvalue weighted by Gasteiger charge is -2.22. The van der Waals surface area contributed by atoms with Crippen LogP contribution in [0.4, 0.5) is 11.4 Å². The van der Waals surface area contributed by atoms with Crippen LogP contribution in [-0.4, -0.2) is 24.9 Å². The van der Waals surface area contributed by atoms with Gasteiger partial charge in [-0.25, -0.2) is 0 Å². The number of carbonyl (C=O) groups is 2. The van der Waals surface area contributed by atoms with Crippen LogP contribution in [0.2, 0.25) is 0 Å². The van der Waals surface area contributed by atoms with Crippen LogP contribution in [0.5, 0.6) is 0 Å². The maximum Gasteiger partial charge on any atom is 0.253 e. The van der Waals surface area contributed by atoms with Crippen molar-refractivity contribution in [3.63, 3.8) is 0 Å². The molecule has 0 bridgehead atoms. The maximum atomic E-state index is 13.1. The maximum absolute atomic E-state index is 13.1. The lowest BCUT2D eigenvalue weighted by atomic mass is 9.98. The number of rotatable bonds is 10. The third kappa shape index (κ3) is 6.33. The summed E-state index contributed by atoms with van der Waals surface area (Å²) >= 11 is 0. The molecule has 2 aromatic rings. The topological polar surface area (TPSA) is 61.4 Å². The van der Waals surface area contributed by atoms with E-state index in [1.807, 2.05) is 48.5 Å². The van der Waals surface area contributed by atoms with Gasteiger partial charge in [0.25, 0.3) is 5.91 Å². The zero-order valence-electron chi connectivity index (χ0n) is 18.8. The summed E-state index contributed by atoms with van der Waals surface area (Å²) in [4.78, 5) is 28.1. The second kappa shape index (κ2) is 11.5. The summed E-state index contributed by atoms with van der Waals surface area (Å²) in [5.41, 5.74) is 3.31. The Bertz CT molecular complexity index is 860. The molecule has 166 valence electrons. The Hall–Kier alpha value is -2.82. The molecule has 1 atom stereocenters. The number of nitrogens with zero attached hydrogens (tertiary/aromatic N) is 1. The lowest BCUT2D eigenvalue weighted by molar-refractivity contribution is -0.120. The Labute approximate surface area is 186 Å². The van der Waals surface area contributed by atoms with Crippen molar-refractivity contribution in [1.29, 1.82) is 0 Å². The van der Waals surface area contributed by atoms with E-state index in [2.05, 4.69) is 29.4 Å². The zero-order valence-corrected chi connectivity index (χ0v) is 18.8. The van der Waals surface area contributed by atoms with Crippen molar-refractivity contribution in [2.24, 2.45) is 5.92 Å². The summed E-state index contributed by atoms with van der Waals surface area (Å²) in [6.07, 6.45) is 6.13. The first-order valence-corrected chi connectivity index (χ1v) is 11.6. The third-order valence-corrected chi connectivity index (χ3v) is 6.02. The van der Waals surface area contributed by atoms with E-state index in [1.54, 1.807) is 0 Å². The number of anilines is 2. The Balaban J connectivity index is 1.77. The summed E-state index contributed by atoms with van der Waals surface area (Å²) in [6.45, 7) is 6.59. The van der Waals surface area contributed by atoms with Crippen LogP contribution < -0.4 is 15.5 Å². The molecule has 2 N–H and O–H groups in total. The Kier molecular flexibility index (Phi) is 8.51. The highest BCUT2D eigenvalue weighted by molar-refractivity contribution is 6.02. The highest BCUT2D eigenvalue weighted by atomic mass is 16.2. The monoisotopic (exact) mass is 421 g/mol. The van der Waals surface area contributed by atoms with Crippen molar-refractivity contribution in [3.05, 3.63) is 59.7 Å². The molecule has 1 aliphatic heterocycles. The van der Waals surface area contributed by atoms with Gasteiger partial charge in [-0.05, 0) is 49.4 Å². The SMILES string of the molecule is CCCC[C@@H](CC)C(=O)Nc1ccc(N2CCCC2)c(C(=O)NCc2ccccc2)c1. The molecule has 0 spiro atoms. The largest absolute Gasteiger partial charge is 0.371 e. The molecule has 0 aromatic heterocycles. The molecule has 3 rings (SSSR count). The fraction of sp³-hybridized carbons (Fsp3) is 0.462. The van der Waals surface area contributed by atoms with Crippen molar-refractivity contribution in [2.45, 2.75) is 58.9 Å². The van der Waals surface area contributed by atoms with Gasteiger partial charge in [0.05, 0.1) is 5.56 Å². The molecule has 0 aliphatic carbocycles. The van der Waals surface area contributed by atoms with Gasteiger partial charge in [0.15, 0.2) is 0 Å². The molecule has 1 fully saturated rings. The highest BCUT2D eigenvalue weighted by Gasteiger charge is 2.21. The minimum atomic E-state index is -0.111. The predicted molar refractivity (Wildman–Crippen MR) is 127 cm³/mol. The summed E-state index contributed by atoms with van der Waals surface area (Å²) < 4.78 is 0. The minimum absolute atomic E-state index is 0.00793. The van der Waals surface area contributed by atoms with E-state index in [1.165, 1.54) is 0 Å². The van der Waals surface area contributed by atoms with E-state index >= 15 is 0 Å². The molecular formula is C26H35N3O2. The number of carbonyl (C=O) groups excluding carboxylic acids is 2. The van der Waals surface area contributed by atoms with Crippen LogP contribution in [0, 0.1) is 5.92 Å². The number of amides is 2. The number of benzene rings is 2. The van der Waals surface area contributed by atoms with Gasteiger partial charge in [0.2, 0.25) is 5.91 Å². The molecule has 1 aliphatic rings. The second-order valence-corrected chi connectivity index (χ2v) is 8.33.